The van der Waals surface area contributed by atoms with Crippen molar-refractivity contribution in [2.75, 3.05) is 19.1 Å². The first kappa shape index (κ1) is 28.4. The number of rotatable bonds is 12. The van der Waals surface area contributed by atoms with Crippen LogP contribution in [0, 0.1) is 30.1 Å². The summed E-state index contributed by atoms with van der Waals surface area (Å²) < 4.78 is 16.6. The fourth-order valence-corrected chi connectivity index (χ4v) is 5.87. The van der Waals surface area contributed by atoms with Crippen LogP contribution in [0.1, 0.15) is 94.3 Å². The van der Waals surface area contributed by atoms with Crippen molar-refractivity contribution in [3.63, 3.8) is 0 Å². The summed E-state index contributed by atoms with van der Waals surface area (Å²) in [4.78, 5) is 24.1. The first-order chi connectivity index (χ1) is 17.5. The molecule has 5 nitrogen and oxygen atoms in total. The standard InChI is InChI=1S/C30H41ClO5/c1-3-6-23-7-9-24(10-8-23)25-15-18-30(4-2,19-16-25)36-29(33)26-11-13-27(14-12-26)34-21-5-22-35-28(32)17-20-31/h2,11-14,23-25H,3,5-10,15-22H2,1H3. The normalized spacial score (nSPS) is 26.0. The van der Waals surface area contributed by atoms with E-state index in [-0.39, 0.29) is 30.8 Å². The first-order valence-electron chi connectivity index (χ1n) is 13.6. The summed E-state index contributed by atoms with van der Waals surface area (Å²) in [5, 5.41) is 0. The maximum atomic E-state index is 12.9. The molecule has 0 radical (unpaired) electrons. The Morgan fingerprint density at radius 1 is 1.03 bits per heavy atom. The van der Waals surface area contributed by atoms with E-state index in [2.05, 4.69) is 12.8 Å². The molecule has 2 saturated carbocycles. The van der Waals surface area contributed by atoms with Gasteiger partial charge in [0.15, 0.2) is 5.60 Å². The predicted molar refractivity (Wildman–Crippen MR) is 142 cm³/mol. The van der Waals surface area contributed by atoms with Gasteiger partial charge in [-0.15, -0.1) is 18.0 Å². The Morgan fingerprint density at radius 3 is 2.31 bits per heavy atom. The highest BCUT2D eigenvalue weighted by molar-refractivity contribution is 6.18. The minimum absolute atomic E-state index is 0.210. The summed E-state index contributed by atoms with van der Waals surface area (Å²) >= 11 is 5.50. The van der Waals surface area contributed by atoms with E-state index >= 15 is 0 Å². The third-order valence-electron chi connectivity index (χ3n) is 7.85. The molecule has 0 aromatic heterocycles. The van der Waals surface area contributed by atoms with E-state index in [0.29, 0.717) is 30.3 Å². The molecule has 0 N–H and O–H groups in total. The van der Waals surface area contributed by atoms with Crippen molar-refractivity contribution < 1.29 is 23.8 Å². The second-order valence-corrected chi connectivity index (χ2v) is 10.7. The van der Waals surface area contributed by atoms with E-state index in [0.717, 1.165) is 37.5 Å². The van der Waals surface area contributed by atoms with Crippen LogP contribution >= 0.6 is 11.6 Å². The molecule has 198 valence electrons. The molecule has 0 atom stereocenters. The van der Waals surface area contributed by atoms with Gasteiger partial charge in [0.2, 0.25) is 0 Å². The Bertz CT molecular complexity index is 858. The maximum Gasteiger partial charge on any atom is 0.339 e. The zero-order valence-electron chi connectivity index (χ0n) is 21.6. The number of halogens is 1. The lowest BCUT2D eigenvalue weighted by Gasteiger charge is -2.41. The van der Waals surface area contributed by atoms with Crippen molar-refractivity contribution in [3.05, 3.63) is 29.8 Å². The summed E-state index contributed by atoms with van der Waals surface area (Å²) in [7, 11) is 0. The third-order valence-corrected chi connectivity index (χ3v) is 8.04. The van der Waals surface area contributed by atoms with Crippen LogP contribution in [0.25, 0.3) is 0 Å². The number of esters is 2. The smallest absolute Gasteiger partial charge is 0.339 e. The van der Waals surface area contributed by atoms with Crippen LogP contribution in [0.5, 0.6) is 5.75 Å². The number of ether oxygens (including phenoxy) is 3. The molecule has 3 rings (SSSR count). The second kappa shape index (κ2) is 14.5. The molecule has 2 aliphatic carbocycles. The Labute approximate surface area is 221 Å². The number of terminal acetylenes is 1. The van der Waals surface area contributed by atoms with E-state index in [1.54, 1.807) is 24.3 Å². The summed E-state index contributed by atoms with van der Waals surface area (Å²) in [6.45, 7) is 2.97. The molecule has 0 saturated heterocycles. The van der Waals surface area contributed by atoms with Crippen LogP contribution in [-0.4, -0.2) is 36.6 Å². The van der Waals surface area contributed by atoms with Gasteiger partial charge in [-0.3, -0.25) is 4.79 Å². The minimum Gasteiger partial charge on any atom is -0.493 e. The number of hydrogen-bond donors (Lipinski definition) is 0. The van der Waals surface area contributed by atoms with Crippen LogP contribution in [-0.2, 0) is 14.3 Å². The number of hydrogen-bond acceptors (Lipinski definition) is 5. The highest BCUT2D eigenvalue weighted by Gasteiger charge is 2.40. The van der Waals surface area contributed by atoms with Crippen molar-refractivity contribution in [1.29, 1.82) is 0 Å². The van der Waals surface area contributed by atoms with Crippen molar-refractivity contribution in [3.8, 4) is 18.1 Å². The molecule has 1 aromatic rings. The van der Waals surface area contributed by atoms with Gasteiger partial charge in [-0.2, -0.15) is 0 Å². The lowest BCUT2D eigenvalue weighted by molar-refractivity contribution is -0.143. The minimum atomic E-state index is -0.803. The first-order valence-corrected chi connectivity index (χ1v) is 14.2. The van der Waals surface area contributed by atoms with Crippen LogP contribution in [0.4, 0.5) is 0 Å². The van der Waals surface area contributed by atoms with Gasteiger partial charge in [0.1, 0.15) is 5.75 Å². The lowest BCUT2D eigenvalue weighted by atomic mass is 9.68. The fourth-order valence-electron chi connectivity index (χ4n) is 5.72. The molecule has 0 heterocycles. The molecule has 2 fully saturated rings. The van der Waals surface area contributed by atoms with Crippen LogP contribution in [0.15, 0.2) is 24.3 Å². The van der Waals surface area contributed by atoms with Gasteiger partial charge in [0.25, 0.3) is 0 Å². The van der Waals surface area contributed by atoms with E-state index in [9.17, 15) is 9.59 Å². The van der Waals surface area contributed by atoms with E-state index in [1.807, 2.05) is 0 Å². The number of carbonyl (C=O) groups excluding carboxylic acids is 2. The van der Waals surface area contributed by atoms with Crippen molar-refractivity contribution >= 4 is 23.5 Å². The van der Waals surface area contributed by atoms with Crippen LogP contribution < -0.4 is 4.74 Å². The van der Waals surface area contributed by atoms with Gasteiger partial charge in [-0.25, -0.2) is 4.79 Å². The number of alkyl halides is 1. The van der Waals surface area contributed by atoms with Crippen LogP contribution in [0.2, 0.25) is 0 Å². The fraction of sp³-hybridized carbons (Fsp3) is 0.667. The molecule has 0 aliphatic heterocycles. The molecule has 2 aliphatic rings. The second-order valence-electron chi connectivity index (χ2n) is 10.3. The molecule has 0 bridgehead atoms. The Hall–Kier alpha value is -2.19. The Morgan fingerprint density at radius 2 is 1.69 bits per heavy atom. The monoisotopic (exact) mass is 516 g/mol. The van der Waals surface area contributed by atoms with Gasteiger partial charge in [0.05, 0.1) is 25.2 Å². The summed E-state index contributed by atoms with van der Waals surface area (Å²) in [6, 6.07) is 6.88. The van der Waals surface area contributed by atoms with Gasteiger partial charge < -0.3 is 14.2 Å². The highest BCUT2D eigenvalue weighted by atomic mass is 35.5. The van der Waals surface area contributed by atoms with Gasteiger partial charge >= 0.3 is 11.9 Å². The molecule has 6 heteroatoms. The number of benzene rings is 1. The zero-order chi connectivity index (χ0) is 25.8. The lowest BCUT2D eigenvalue weighted by Crippen LogP contribution is -2.39. The SMILES string of the molecule is C#CC1(OC(=O)c2ccc(OCCCOC(=O)CCCl)cc2)CCC(C2CCC(CCC)CC2)CC1. The largest absolute Gasteiger partial charge is 0.493 e. The summed E-state index contributed by atoms with van der Waals surface area (Å²) in [5.74, 6) is 5.45. The zero-order valence-corrected chi connectivity index (χ0v) is 22.4. The molecule has 0 unspecified atom stereocenters. The van der Waals surface area contributed by atoms with Crippen molar-refractivity contribution in [1.82, 2.24) is 0 Å². The third kappa shape index (κ3) is 8.44. The number of carbonyl (C=O) groups is 2. The Kier molecular flexibility index (Phi) is 11.5. The molecule has 36 heavy (non-hydrogen) atoms. The molecule has 0 amide bonds. The summed E-state index contributed by atoms with van der Waals surface area (Å²) in [6.07, 6.45) is 18.3. The maximum absolute atomic E-state index is 12.9. The van der Waals surface area contributed by atoms with Crippen LogP contribution in [0.3, 0.4) is 0 Å². The molecule has 0 spiro atoms. The Balaban J connectivity index is 1.41. The van der Waals surface area contributed by atoms with Crippen molar-refractivity contribution in [2.24, 2.45) is 17.8 Å². The van der Waals surface area contributed by atoms with E-state index in [1.165, 1.54) is 38.5 Å². The molecule has 1 aromatic carbocycles. The molecular weight excluding hydrogens is 476 g/mol. The summed E-state index contributed by atoms with van der Waals surface area (Å²) in [5.41, 5.74) is -0.341. The topological polar surface area (TPSA) is 61.8 Å². The predicted octanol–water partition coefficient (Wildman–Crippen LogP) is 6.95. The van der Waals surface area contributed by atoms with Gasteiger partial charge in [-0.1, -0.05) is 38.5 Å². The highest BCUT2D eigenvalue weighted by Crippen LogP contribution is 2.44. The average Bonchev–Trinajstić information content (AvgIpc) is 2.90. The van der Waals surface area contributed by atoms with Gasteiger partial charge in [0, 0.05) is 12.3 Å². The van der Waals surface area contributed by atoms with Gasteiger partial charge in [-0.05, 0) is 80.5 Å². The van der Waals surface area contributed by atoms with E-state index in [4.69, 9.17) is 32.2 Å². The average molecular weight is 517 g/mol. The van der Waals surface area contributed by atoms with Crippen molar-refractivity contribution in [2.45, 2.75) is 89.6 Å². The van der Waals surface area contributed by atoms with E-state index < -0.39 is 5.60 Å². The molecular formula is C30H41ClO5. The quantitative estimate of drug-likeness (QED) is 0.130.